The number of thioether (sulfide) groups is 1. The van der Waals surface area contributed by atoms with Crippen molar-refractivity contribution in [1.82, 2.24) is 10.2 Å². The predicted octanol–water partition coefficient (Wildman–Crippen LogP) is 4.06. The minimum atomic E-state index is -0.253. The second-order valence-corrected chi connectivity index (χ2v) is 7.12. The first-order chi connectivity index (χ1) is 11.2. The molecule has 3 rings (SSSR count). The van der Waals surface area contributed by atoms with Gasteiger partial charge in [0.15, 0.2) is 4.34 Å². The van der Waals surface area contributed by atoms with E-state index in [1.165, 1.54) is 11.3 Å². The summed E-state index contributed by atoms with van der Waals surface area (Å²) in [6.07, 6.45) is 0. The molecule has 0 fully saturated rings. The highest BCUT2D eigenvalue weighted by Crippen LogP contribution is 2.31. The van der Waals surface area contributed by atoms with Gasteiger partial charge in [-0.2, -0.15) is 0 Å². The SMILES string of the molecule is CCSc1nnc(NC(=O)c2ccc3ccccc3c2OC)s1. The van der Waals surface area contributed by atoms with Gasteiger partial charge in [-0.1, -0.05) is 60.4 Å². The van der Waals surface area contributed by atoms with Crippen LogP contribution in [0.3, 0.4) is 0 Å². The fourth-order valence-electron chi connectivity index (χ4n) is 2.25. The van der Waals surface area contributed by atoms with Crippen LogP contribution in [0.15, 0.2) is 40.7 Å². The molecular formula is C16H15N3O2S2. The van der Waals surface area contributed by atoms with Crippen LogP contribution >= 0.6 is 23.1 Å². The number of carbonyl (C=O) groups excluding carboxylic acids is 1. The molecule has 1 aromatic heterocycles. The summed E-state index contributed by atoms with van der Waals surface area (Å²) in [5.74, 6) is 1.23. The fourth-order valence-corrected chi connectivity index (χ4v) is 3.89. The van der Waals surface area contributed by atoms with Crippen LogP contribution in [0.1, 0.15) is 17.3 Å². The molecule has 1 amide bonds. The molecule has 2 aromatic carbocycles. The number of carbonyl (C=O) groups is 1. The standard InChI is InChI=1S/C16H15N3O2S2/c1-3-22-16-19-18-15(23-16)17-14(20)12-9-8-10-6-4-5-7-11(10)13(12)21-2/h4-9H,3H2,1-2H3,(H,17,18,20). The Morgan fingerprint density at radius 3 is 2.87 bits per heavy atom. The first-order valence-electron chi connectivity index (χ1n) is 7.06. The third-order valence-electron chi connectivity index (χ3n) is 3.22. The Morgan fingerprint density at radius 2 is 2.09 bits per heavy atom. The van der Waals surface area contributed by atoms with E-state index in [9.17, 15) is 4.79 Å². The molecule has 0 aliphatic carbocycles. The van der Waals surface area contributed by atoms with Crippen molar-refractivity contribution in [3.8, 4) is 5.75 Å². The van der Waals surface area contributed by atoms with Gasteiger partial charge >= 0.3 is 0 Å². The average molecular weight is 345 g/mol. The Balaban J connectivity index is 1.90. The van der Waals surface area contributed by atoms with Crippen molar-refractivity contribution in [2.45, 2.75) is 11.3 Å². The van der Waals surface area contributed by atoms with Gasteiger partial charge in [-0.15, -0.1) is 10.2 Å². The molecule has 0 saturated heterocycles. The molecule has 1 N–H and O–H groups in total. The van der Waals surface area contributed by atoms with E-state index >= 15 is 0 Å². The number of ether oxygens (including phenoxy) is 1. The first kappa shape index (κ1) is 15.8. The molecule has 0 unspecified atom stereocenters. The lowest BCUT2D eigenvalue weighted by Crippen LogP contribution is -2.13. The Kier molecular flexibility index (Phi) is 4.78. The van der Waals surface area contributed by atoms with Gasteiger partial charge < -0.3 is 4.74 Å². The second-order valence-electron chi connectivity index (χ2n) is 4.63. The van der Waals surface area contributed by atoms with Crippen molar-refractivity contribution in [3.63, 3.8) is 0 Å². The lowest BCUT2D eigenvalue weighted by molar-refractivity contribution is 0.102. The molecule has 0 radical (unpaired) electrons. The number of rotatable bonds is 5. The number of amides is 1. The number of aromatic nitrogens is 2. The quantitative estimate of drug-likeness (QED) is 0.558. The molecule has 0 aliphatic heterocycles. The second kappa shape index (κ2) is 6.97. The molecule has 7 heteroatoms. The molecule has 0 bridgehead atoms. The van der Waals surface area contributed by atoms with Crippen LogP contribution in [0.5, 0.6) is 5.75 Å². The van der Waals surface area contributed by atoms with Crippen LogP contribution in [0.4, 0.5) is 5.13 Å². The number of nitrogens with one attached hydrogen (secondary N) is 1. The largest absolute Gasteiger partial charge is 0.495 e. The molecule has 0 atom stereocenters. The molecule has 0 aliphatic rings. The smallest absolute Gasteiger partial charge is 0.261 e. The highest BCUT2D eigenvalue weighted by Gasteiger charge is 2.17. The van der Waals surface area contributed by atoms with Gasteiger partial charge in [0.2, 0.25) is 5.13 Å². The molecule has 0 saturated carbocycles. The molecule has 5 nitrogen and oxygen atoms in total. The van der Waals surface area contributed by atoms with E-state index in [0.29, 0.717) is 16.4 Å². The summed E-state index contributed by atoms with van der Waals surface area (Å²) in [6.45, 7) is 2.05. The van der Waals surface area contributed by atoms with Crippen molar-refractivity contribution in [1.29, 1.82) is 0 Å². The maximum absolute atomic E-state index is 12.5. The molecule has 23 heavy (non-hydrogen) atoms. The zero-order valence-corrected chi connectivity index (χ0v) is 14.3. The molecule has 1 heterocycles. The van der Waals surface area contributed by atoms with E-state index in [1.807, 2.05) is 37.3 Å². The third kappa shape index (κ3) is 3.30. The Morgan fingerprint density at radius 1 is 1.26 bits per heavy atom. The van der Waals surface area contributed by atoms with E-state index < -0.39 is 0 Å². The van der Waals surface area contributed by atoms with Gasteiger partial charge in [0.05, 0.1) is 12.7 Å². The molecule has 0 spiro atoms. The zero-order chi connectivity index (χ0) is 16.2. The number of benzene rings is 2. The summed E-state index contributed by atoms with van der Waals surface area (Å²) in [7, 11) is 1.57. The minimum absolute atomic E-state index is 0.253. The molecular weight excluding hydrogens is 330 g/mol. The topological polar surface area (TPSA) is 64.1 Å². The van der Waals surface area contributed by atoms with Crippen molar-refractivity contribution in [2.24, 2.45) is 0 Å². The number of fused-ring (bicyclic) bond motifs is 1. The van der Waals surface area contributed by atoms with Gasteiger partial charge in [0.1, 0.15) is 5.75 Å². The van der Waals surface area contributed by atoms with Crippen molar-refractivity contribution >= 4 is 44.9 Å². The average Bonchev–Trinajstić information content (AvgIpc) is 3.01. The van der Waals surface area contributed by atoms with Crippen LogP contribution in [-0.2, 0) is 0 Å². The van der Waals surface area contributed by atoms with Crippen LogP contribution in [0.2, 0.25) is 0 Å². The third-order valence-corrected chi connectivity index (χ3v) is 5.08. The van der Waals surface area contributed by atoms with Crippen LogP contribution < -0.4 is 10.1 Å². The maximum atomic E-state index is 12.5. The maximum Gasteiger partial charge on any atom is 0.261 e. The Hall–Kier alpha value is -2.12. The van der Waals surface area contributed by atoms with Gasteiger partial charge in [-0.3, -0.25) is 10.1 Å². The Bertz CT molecular complexity index is 848. The van der Waals surface area contributed by atoms with Gasteiger partial charge in [0, 0.05) is 5.39 Å². The van der Waals surface area contributed by atoms with E-state index in [4.69, 9.17) is 4.74 Å². The normalized spacial score (nSPS) is 10.7. The highest BCUT2D eigenvalue weighted by atomic mass is 32.2. The van der Waals surface area contributed by atoms with Crippen molar-refractivity contribution in [3.05, 3.63) is 42.0 Å². The van der Waals surface area contributed by atoms with Crippen molar-refractivity contribution in [2.75, 3.05) is 18.2 Å². The van der Waals surface area contributed by atoms with Crippen LogP contribution in [-0.4, -0.2) is 29.0 Å². The van der Waals surface area contributed by atoms with E-state index in [-0.39, 0.29) is 5.91 Å². The first-order valence-corrected chi connectivity index (χ1v) is 8.86. The van der Waals surface area contributed by atoms with Gasteiger partial charge in [0.25, 0.3) is 5.91 Å². The van der Waals surface area contributed by atoms with E-state index in [2.05, 4.69) is 15.5 Å². The number of nitrogens with zero attached hydrogens (tertiary/aromatic N) is 2. The number of anilines is 1. The predicted molar refractivity (Wildman–Crippen MR) is 94.8 cm³/mol. The Labute approximate surface area is 142 Å². The van der Waals surface area contributed by atoms with E-state index in [1.54, 1.807) is 24.9 Å². The summed E-state index contributed by atoms with van der Waals surface area (Å²) in [5.41, 5.74) is 0.478. The summed E-state index contributed by atoms with van der Waals surface area (Å²) in [4.78, 5) is 12.5. The zero-order valence-electron chi connectivity index (χ0n) is 12.7. The lowest BCUT2D eigenvalue weighted by Gasteiger charge is -2.11. The number of methoxy groups -OCH3 is 1. The number of hydrogen-bond acceptors (Lipinski definition) is 6. The van der Waals surface area contributed by atoms with Crippen molar-refractivity contribution < 1.29 is 9.53 Å². The number of hydrogen-bond donors (Lipinski definition) is 1. The monoisotopic (exact) mass is 345 g/mol. The van der Waals surface area contributed by atoms with Gasteiger partial charge in [-0.25, -0.2) is 0 Å². The molecule has 3 aromatic rings. The fraction of sp³-hybridized carbons (Fsp3) is 0.188. The van der Waals surface area contributed by atoms with E-state index in [0.717, 1.165) is 20.9 Å². The van der Waals surface area contributed by atoms with Crippen LogP contribution in [0, 0.1) is 0 Å². The van der Waals surface area contributed by atoms with Gasteiger partial charge in [-0.05, 0) is 17.2 Å². The summed E-state index contributed by atoms with van der Waals surface area (Å²) in [6, 6.07) is 11.5. The van der Waals surface area contributed by atoms with Crippen LogP contribution in [0.25, 0.3) is 10.8 Å². The summed E-state index contributed by atoms with van der Waals surface area (Å²) >= 11 is 2.96. The highest BCUT2D eigenvalue weighted by molar-refractivity contribution is 8.01. The molecule has 118 valence electrons. The summed E-state index contributed by atoms with van der Waals surface area (Å²) in [5, 5.41) is 13.2. The lowest BCUT2D eigenvalue weighted by atomic mass is 10.0. The summed E-state index contributed by atoms with van der Waals surface area (Å²) < 4.78 is 6.30. The minimum Gasteiger partial charge on any atom is -0.495 e.